The van der Waals surface area contributed by atoms with E-state index in [1.807, 2.05) is 12.1 Å². The number of hydrogen-bond donors (Lipinski definition) is 0. The second-order valence-corrected chi connectivity index (χ2v) is 10.7. The Hall–Kier alpha value is -2.55. The SMILES string of the molecule is COc1c(C=O)ccc(-c2ccc3c(c2)C(C)(C)CCC3(C)C)c1OS(=O)(=O)C(F)(F)F. The van der Waals surface area contributed by atoms with E-state index in [9.17, 15) is 26.4 Å². The minimum Gasteiger partial charge on any atom is -0.492 e. The normalized spacial score (nSPS) is 17.4. The molecule has 174 valence electrons. The van der Waals surface area contributed by atoms with Crippen LogP contribution in [-0.4, -0.2) is 27.3 Å². The molecule has 0 radical (unpaired) electrons. The first-order chi connectivity index (χ1) is 14.6. The third kappa shape index (κ3) is 4.10. The molecule has 0 atom stereocenters. The van der Waals surface area contributed by atoms with E-state index in [2.05, 4.69) is 31.9 Å². The highest BCUT2D eigenvalue weighted by Crippen LogP contribution is 2.49. The van der Waals surface area contributed by atoms with Gasteiger partial charge in [0.05, 0.1) is 12.7 Å². The Bertz CT molecular complexity index is 1160. The molecule has 9 heteroatoms. The third-order valence-corrected chi connectivity index (χ3v) is 7.07. The number of aldehydes is 1. The van der Waals surface area contributed by atoms with Crippen molar-refractivity contribution in [3.8, 4) is 22.6 Å². The molecule has 0 saturated carbocycles. The number of benzene rings is 2. The molecule has 0 heterocycles. The summed E-state index contributed by atoms with van der Waals surface area (Å²) in [5.74, 6) is -1.06. The Kier molecular flexibility index (Phi) is 5.87. The standard InChI is InChI=1S/C23H25F3O5S/c1-21(2)10-11-22(3,4)18-12-14(7-9-17(18)21)16-8-6-15(13-27)19(30-5)20(16)31-32(28,29)23(24,25)26/h6-9,12-13H,10-11H2,1-5H3. The van der Waals surface area contributed by atoms with Gasteiger partial charge in [0.25, 0.3) is 0 Å². The summed E-state index contributed by atoms with van der Waals surface area (Å²) in [6, 6.07) is 8.18. The topological polar surface area (TPSA) is 69.7 Å². The highest BCUT2D eigenvalue weighted by molar-refractivity contribution is 7.88. The molecular weight excluding hydrogens is 445 g/mol. The molecule has 0 unspecified atom stereocenters. The first-order valence-corrected chi connectivity index (χ1v) is 11.4. The van der Waals surface area contributed by atoms with Crippen molar-refractivity contribution in [2.45, 2.75) is 56.9 Å². The number of alkyl halides is 3. The van der Waals surface area contributed by atoms with Gasteiger partial charge in [0, 0.05) is 5.56 Å². The van der Waals surface area contributed by atoms with Crippen LogP contribution in [0.4, 0.5) is 13.2 Å². The fraction of sp³-hybridized carbons (Fsp3) is 0.435. The van der Waals surface area contributed by atoms with E-state index < -0.39 is 21.4 Å². The van der Waals surface area contributed by atoms with Gasteiger partial charge in [0.1, 0.15) is 0 Å². The van der Waals surface area contributed by atoms with Gasteiger partial charge in [-0.1, -0.05) is 45.9 Å². The fourth-order valence-electron chi connectivity index (χ4n) is 4.10. The van der Waals surface area contributed by atoms with E-state index in [1.165, 1.54) is 12.1 Å². The van der Waals surface area contributed by atoms with Gasteiger partial charge in [-0.3, -0.25) is 4.79 Å². The number of methoxy groups -OCH3 is 1. The Morgan fingerprint density at radius 1 is 0.938 bits per heavy atom. The van der Waals surface area contributed by atoms with Gasteiger partial charge in [-0.05, 0) is 52.5 Å². The molecule has 32 heavy (non-hydrogen) atoms. The number of carbonyl (C=O) groups excluding carboxylic acids is 1. The molecule has 1 aliphatic rings. The zero-order chi connectivity index (χ0) is 24.1. The molecule has 2 aromatic rings. The van der Waals surface area contributed by atoms with Crippen molar-refractivity contribution < 1.29 is 35.3 Å². The van der Waals surface area contributed by atoms with Crippen LogP contribution in [0.15, 0.2) is 30.3 Å². The Labute approximate surface area is 185 Å². The highest BCUT2D eigenvalue weighted by Gasteiger charge is 2.49. The summed E-state index contributed by atoms with van der Waals surface area (Å²) in [6.07, 6.45) is 2.25. The summed E-state index contributed by atoms with van der Waals surface area (Å²) in [4.78, 5) is 11.4. The van der Waals surface area contributed by atoms with Crippen LogP contribution in [-0.2, 0) is 20.9 Å². The van der Waals surface area contributed by atoms with Crippen LogP contribution in [0.25, 0.3) is 11.1 Å². The Balaban J connectivity index is 2.29. The average molecular weight is 471 g/mol. The number of rotatable bonds is 5. The molecule has 1 aliphatic carbocycles. The second kappa shape index (κ2) is 7.79. The lowest BCUT2D eigenvalue weighted by Gasteiger charge is -2.42. The first kappa shape index (κ1) is 24.1. The molecule has 2 aromatic carbocycles. The number of fused-ring (bicyclic) bond motifs is 1. The molecule has 0 spiro atoms. The first-order valence-electron chi connectivity index (χ1n) is 9.97. The van der Waals surface area contributed by atoms with Crippen molar-refractivity contribution in [1.29, 1.82) is 0 Å². The minimum absolute atomic E-state index is 0.0715. The molecule has 0 bridgehead atoms. The molecule has 0 aromatic heterocycles. The summed E-state index contributed by atoms with van der Waals surface area (Å²) >= 11 is 0. The third-order valence-electron chi connectivity index (χ3n) is 6.11. The van der Waals surface area contributed by atoms with Gasteiger partial charge in [-0.25, -0.2) is 0 Å². The van der Waals surface area contributed by atoms with Gasteiger partial charge in [0.2, 0.25) is 0 Å². The predicted molar refractivity (Wildman–Crippen MR) is 115 cm³/mol. The monoisotopic (exact) mass is 470 g/mol. The van der Waals surface area contributed by atoms with Crippen LogP contribution in [0.1, 0.15) is 62.0 Å². The summed E-state index contributed by atoms with van der Waals surface area (Å²) in [5.41, 5.74) is -3.38. The van der Waals surface area contributed by atoms with E-state index in [-0.39, 0.29) is 27.7 Å². The highest BCUT2D eigenvalue weighted by atomic mass is 32.2. The van der Waals surface area contributed by atoms with Gasteiger partial charge in [-0.2, -0.15) is 21.6 Å². The Morgan fingerprint density at radius 2 is 1.53 bits per heavy atom. The number of carbonyl (C=O) groups is 1. The second-order valence-electron chi connectivity index (χ2n) is 9.19. The van der Waals surface area contributed by atoms with E-state index in [0.717, 1.165) is 31.1 Å². The van der Waals surface area contributed by atoms with Gasteiger partial charge in [-0.15, -0.1) is 0 Å². The number of ether oxygens (including phenoxy) is 1. The molecule has 3 rings (SSSR count). The summed E-state index contributed by atoms with van der Waals surface area (Å²) in [6.45, 7) is 8.44. The van der Waals surface area contributed by atoms with Crippen LogP contribution < -0.4 is 8.92 Å². The van der Waals surface area contributed by atoms with Crippen LogP contribution in [0.5, 0.6) is 11.5 Å². The number of hydrogen-bond acceptors (Lipinski definition) is 5. The van der Waals surface area contributed by atoms with Gasteiger partial charge >= 0.3 is 15.6 Å². The molecule has 0 aliphatic heterocycles. The maximum Gasteiger partial charge on any atom is 0.534 e. The lowest BCUT2D eigenvalue weighted by Crippen LogP contribution is -2.33. The average Bonchev–Trinajstić information content (AvgIpc) is 2.69. The van der Waals surface area contributed by atoms with Crippen LogP contribution in [0, 0.1) is 0 Å². The van der Waals surface area contributed by atoms with Gasteiger partial charge in [0.15, 0.2) is 17.8 Å². The summed E-state index contributed by atoms with van der Waals surface area (Å²) < 4.78 is 72.4. The lowest BCUT2D eigenvalue weighted by atomic mass is 9.63. The van der Waals surface area contributed by atoms with Crippen LogP contribution >= 0.6 is 0 Å². The minimum atomic E-state index is -5.99. The molecular formula is C23H25F3O5S. The van der Waals surface area contributed by atoms with Crippen molar-refractivity contribution in [2.24, 2.45) is 0 Å². The van der Waals surface area contributed by atoms with Crippen molar-refractivity contribution in [3.05, 3.63) is 47.0 Å². The Morgan fingerprint density at radius 3 is 2.06 bits per heavy atom. The van der Waals surface area contributed by atoms with Crippen molar-refractivity contribution in [1.82, 2.24) is 0 Å². The molecule has 5 nitrogen and oxygen atoms in total. The maximum absolute atomic E-state index is 13.1. The molecule has 0 amide bonds. The van der Waals surface area contributed by atoms with Crippen molar-refractivity contribution in [3.63, 3.8) is 0 Å². The molecule has 0 saturated heterocycles. The lowest BCUT2D eigenvalue weighted by molar-refractivity contribution is -0.0500. The van der Waals surface area contributed by atoms with Gasteiger partial charge < -0.3 is 8.92 Å². The fourth-order valence-corrected chi connectivity index (χ4v) is 4.58. The summed E-state index contributed by atoms with van der Waals surface area (Å²) in [7, 11) is -4.87. The van der Waals surface area contributed by atoms with E-state index in [0.29, 0.717) is 11.8 Å². The molecule has 0 fully saturated rings. The van der Waals surface area contributed by atoms with E-state index >= 15 is 0 Å². The smallest absolute Gasteiger partial charge is 0.492 e. The van der Waals surface area contributed by atoms with Crippen LogP contribution in [0.3, 0.4) is 0 Å². The summed E-state index contributed by atoms with van der Waals surface area (Å²) in [5, 5.41) is 0. The zero-order valence-corrected chi connectivity index (χ0v) is 19.3. The number of halogens is 3. The van der Waals surface area contributed by atoms with E-state index in [1.54, 1.807) is 6.07 Å². The largest absolute Gasteiger partial charge is 0.534 e. The zero-order valence-electron chi connectivity index (χ0n) is 18.5. The van der Waals surface area contributed by atoms with Crippen LogP contribution in [0.2, 0.25) is 0 Å². The molecule has 0 N–H and O–H groups in total. The van der Waals surface area contributed by atoms with Crippen molar-refractivity contribution >= 4 is 16.4 Å². The van der Waals surface area contributed by atoms with Crippen molar-refractivity contribution in [2.75, 3.05) is 7.11 Å². The maximum atomic E-state index is 13.1. The quantitative estimate of drug-likeness (QED) is 0.316. The van der Waals surface area contributed by atoms with E-state index in [4.69, 9.17) is 4.74 Å². The predicted octanol–water partition coefficient (Wildman–Crippen LogP) is 5.75.